The van der Waals surface area contributed by atoms with Gasteiger partial charge in [0.25, 0.3) is 0 Å². The van der Waals surface area contributed by atoms with Crippen molar-refractivity contribution in [3.05, 3.63) is 23.0 Å². The molecule has 0 saturated carbocycles. The molecule has 3 nitrogen and oxygen atoms in total. The first-order chi connectivity index (χ1) is 8.99. The zero-order valence-corrected chi connectivity index (χ0v) is 13.4. The van der Waals surface area contributed by atoms with E-state index in [4.69, 9.17) is 4.74 Å². The summed E-state index contributed by atoms with van der Waals surface area (Å²) in [6.07, 6.45) is 3.19. The van der Waals surface area contributed by atoms with Crippen LogP contribution in [0.5, 0.6) is 5.75 Å². The van der Waals surface area contributed by atoms with Crippen LogP contribution in [0.15, 0.2) is 6.20 Å². The predicted octanol–water partition coefficient (Wildman–Crippen LogP) is 3.14. The molecule has 0 aliphatic rings. The Balaban J connectivity index is 2.67. The maximum atomic E-state index is 10.1. The maximum absolute atomic E-state index is 10.1. The lowest BCUT2D eigenvalue weighted by Gasteiger charge is -2.16. The number of aliphatic hydroxyl groups is 1. The topological polar surface area (TPSA) is 42.4 Å². The van der Waals surface area contributed by atoms with Crippen LogP contribution in [0.3, 0.4) is 0 Å². The Morgan fingerprint density at radius 1 is 1.42 bits per heavy atom. The molecule has 0 spiro atoms. The van der Waals surface area contributed by atoms with Gasteiger partial charge in [-0.2, -0.15) is 11.8 Å². The van der Waals surface area contributed by atoms with Crippen LogP contribution in [0.4, 0.5) is 0 Å². The fourth-order valence-electron chi connectivity index (χ4n) is 1.95. The molecule has 1 N–H and O–H groups in total. The number of methoxy groups -OCH3 is 1. The molecule has 1 aromatic rings. The molecule has 2 unspecified atom stereocenters. The van der Waals surface area contributed by atoms with Gasteiger partial charge in [0.1, 0.15) is 5.75 Å². The van der Waals surface area contributed by atoms with E-state index in [0.717, 1.165) is 34.7 Å². The third kappa shape index (κ3) is 4.69. The highest BCUT2D eigenvalue weighted by molar-refractivity contribution is 7.99. The summed E-state index contributed by atoms with van der Waals surface area (Å²) in [5.74, 6) is 1.64. The number of hydrogen-bond acceptors (Lipinski definition) is 4. The lowest BCUT2D eigenvalue weighted by molar-refractivity contribution is 0.198. The van der Waals surface area contributed by atoms with Crippen LogP contribution in [0, 0.1) is 13.8 Å². The first-order valence-corrected chi connectivity index (χ1v) is 7.83. The number of ether oxygens (including phenoxy) is 1. The summed E-state index contributed by atoms with van der Waals surface area (Å²) in [5, 5.41) is 10.7. The van der Waals surface area contributed by atoms with Gasteiger partial charge < -0.3 is 9.84 Å². The Labute approximate surface area is 120 Å². The van der Waals surface area contributed by atoms with Crippen LogP contribution in [0.1, 0.15) is 37.1 Å². The Bertz CT molecular complexity index is 409. The maximum Gasteiger partial charge on any atom is 0.128 e. The SMILES string of the molecule is CCC(C)SCC(O)Cc1ncc(C)c(OC)c1C. The van der Waals surface area contributed by atoms with E-state index in [1.807, 2.05) is 31.8 Å². The number of pyridine rings is 1. The molecule has 0 fully saturated rings. The lowest BCUT2D eigenvalue weighted by Crippen LogP contribution is -2.17. The van der Waals surface area contributed by atoms with Crippen molar-refractivity contribution in [2.45, 2.75) is 51.9 Å². The van der Waals surface area contributed by atoms with Gasteiger partial charge in [0, 0.05) is 40.4 Å². The van der Waals surface area contributed by atoms with Crippen molar-refractivity contribution in [2.75, 3.05) is 12.9 Å². The Kier molecular flexibility index (Phi) is 6.66. The average Bonchev–Trinajstić information content (AvgIpc) is 2.40. The summed E-state index contributed by atoms with van der Waals surface area (Å²) in [7, 11) is 1.67. The number of aryl methyl sites for hydroxylation is 1. The highest BCUT2D eigenvalue weighted by Gasteiger charge is 2.14. The van der Waals surface area contributed by atoms with E-state index in [2.05, 4.69) is 18.8 Å². The van der Waals surface area contributed by atoms with Gasteiger partial charge in [0.2, 0.25) is 0 Å². The van der Waals surface area contributed by atoms with Crippen molar-refractivity contribution in [3.8, 4) is 5.75 Å². The van der Waals surface area contributed by atoms with Gasteiger partial charge >= 0.3 is 0 Å². The first-order valence-electron chi connectivity index (χ1n) is 6.78. The van der Waals surface area contributed by atoms with Gasteiger partial charge in [-0.3, -0.25) is 4.98 Å². The first kappa shape index (κ1) is 16.3. The molecular formula is C15H25NO2S. The van der Waals surface area contributed by atoms with Gasteiger partial charge in [-0.1, -0.05) is 13.8 Å². The molecule has 0 saturated heterocycles. The number of aliphatic hydroxyl groups excluding tert-OH is 1. The molecule has 0 radical (unpaired) electrons. The molecular weight excluding hydrogens is 258 g/mol. The summed E-state index contributed by atoms with van der Waals surface area (Å²) in [5.41, 5.74) is 3.00. The zero-order valence-electron chi connectivity index (χ0n) is 12.6. The van der Waals surface area contributed by atoms with Gasteiger partial charge in [0.05, 0.1) is 13.2 Å². The van der Waals surface area contributed by atoms with Gasteiger partial charge in [-0.25, -0.2) is 0 Å². The van der Waals surface area contributed by atoms with Crippen LogP contribution < -0.4 is 4.74 Å². The van der Waals surface area contributed by atoms with Crippen molar-refractivity contribution in [3.63, 3.8) is 0 Å². The van der Waals surface area contributed by atoms with E-state index in [1.54, 1.807) is 7.11 Å². The molecule has 1 rings (SSSR count). The minimum Gasteiger partial charge on any atom is -0.496 e. The Hall–Kier alpha value is -0.740. The van der Waals surface area contributed by atoms with Crippen LogP contribution in [0.2, 0.25) is 0 Å². The van der Waals surface area contributed by atoms with Crippen molar-refractivity contribution in [1.29, 1.82) is 0 Å². The number of thioether (sulfide) groups is 1. The minimum atomic E-state index is -0.349. The monoisotopic (exact) mass is 283 g/mol. The quantitative estimate of drug-likeness (QED) is 0.835. The normalized spacial score (nSPS) is 14.2. The van der Waals surface area contributed by atoms with Crippen LogP contribution in [0.25, 0.3) is 0 Å². The lowest BCUT2D eigenvalue weighted by atomic mass is 10.1. The van der Waals surface area contributed by atoms with E-state index >= 15 is 0 Å². The van der Waals surface area contributed by atoms with Crippen molar-refractivity contribution in [1.82, 2.24) is 4.98 Å². The Morgan fingerprint density at radius 2 is 2.11 bits per heavy atom. The summed E-state index contributed by atoms with van der Waals surface area (Å²) in [4.78, 5) is 4.42. The second kappa shape index (κ2) is 7.75. The van der Waals surface area contributed by atoms with E-state index in [1.165, 1.54) is 0 Å². The molecule has 108 valence electrons. The van der Waals surface area contributed by atoms with Gasteiger partial charge in [0.15, 0.2) is 0 Å². The molecule has 4 heteroatoms. The second-order valence-electron chi connectivity index (χ2n) is 4.96. The summed E-state index contributed by atoms with van der Waals surface area (Å²) >= 11 is 1.81. The van der Waals surface area contributed by atoms with E-state index in [-0.39, 0.29) is 6.10 Å². The summed E-state index contributed by atoms with van der Waals surface area (Å²) in [6.45, 7) is 8.34. The number of hydrogen-bond donors (Lipinski definition) is 1. The van der Waals surface area contributed by atoms with E-state index in [0.29, 0.717) is 11.7 Å². The van der Waals surface area contributed by atoms with Crippen molar-refractivity contribution in [2.24, 2.45) is 0 Å². The Morgan fingerprint density at radius 3 is 2.68 bits per heavy atom. The fraction of sp³-hybridized carbons (Fsp3) is 0.667. The zero-order chi connectivity index (χ0) is 14.4. The highest BCUT2D eigenvalue weighted by Crippen LogP contribution is 2.25. The molecule has 0 aromatic carbocycles. The third-order valence-corrected chi connectivity index (χ3v) is 4.81. The van der Waals surface area contributed by atoms with E-state index in [9.17, 15) is 5.11 Å². The van der Waals surface area contributed by atoms with Gasteiger partial charge in [-0.15, -0.1) is 0 Å². The van der Waals surface area contributed by atoms with Crippen LogP contribution in [-0.4, -0.2) is 34.3 Å². The minimum absolute atomic E-state index is 0.349. The molecule has 0 bridgehead atoms. The molecule has 1 aromatic heterocycles. The average molecular weight is 283 g/mol. The second-order valence-corrected chi connectivity index (χ2v) is 6.43. The predicted molar refractivity (Wildman–Crippen MR) is 82.2 cm³/mol. The number of rotatable bonds is 7. The number of aromatic nitrogens is 1. The third-order valence-electron chi connectivity index (χ3n) is 3.33. The van der Waals surface area contributed by atoms with Crippen LogP contribution >= 0.6 is 11.8 Å². The summed E-state index contributed by atoms with van der Waals surface area (Å²) < 4.78 is 5.39. The highest BCUT2D eigenvalue weighted by atomic mass is 32.2. The standard InChI is InChI=1S/C15H25NO2S/c1-6-11(3)19-9-13(17)7-14-12(4)15(18-5)10(2)8-16-14/h8,11,13,17H,6-7,9H2,1-5H3. The molecule has 1 heterocycles. The molecule has 0 aliphatic carbocycles. The molecule has 0 amide bonds. The largest absolute Gasteiger partial charge is 0.496 e. The van der Waals surface area contributed by atoms with Crippen molar-refractivity contribution >= 4 is 11.8 Å². The summed E-state index contributed by atoms with van der Waals surface area (Å²) in [6, 6.07) is 0. The van der Waals surface area contributed by atoms with Gasteiger partial charge in [-0.05, 0) is 20.3 Å². The van der Waals surface area contributed by atoms with E-state index < -0.39 is 0 Å². The van der Waals surface area contributed by atoms with Crippen molar-refractivity contribution < 1.29 is 9.84 Å². The molecule has 2 atom stereocenters. The molecule has 19 heavy (non-hydrogen) atoms. The molecule has 0 aliphatic heterocycles. The number of nitrogens with zero attached hydrogens (tertiary/aromatic N) is 1. The van der Waals surface area contributed by atoms with Crippen LogP contribution in [-0.2, 0) is 6.42 Å². The smallest absolute Gasteiger partial charge is 0.128 e. The fourth-order valence-corrected chi connectivity index (χ4v) is 2.86.